The smallest absolute Gasteiger partial charge is 0.337 e. The number of carboxylic acids is 1. The van der Waals surface area contributed by atoms with Crippen LogP contribution in [-0.4, -0.2) is 23.0 Å². The molecular formula is C10H11ClN2O3. The van der Waals surface area contributed by atoms with E-state index in [1.165, 1.54) is 18.2 Å². The fourth-order valence-electron chi connectivity index (χ4n) is 1.02. The summed E-state index contributed by atoms with van der Waals surface area (Å²) >= 11 is 5.72. The summed E-state index contributed by atoms with van der Waals surface area (Å²) in [5.74, 6) is -1.48. The summed E-state index contributed by atoms with van der Waals surface area (Å²) in [6.07, 6.45) is 0. The number of carbonyl (C=O) groups is 2. The van der Waals surface area contributed by atoms with Gasteiger partial charge in [-0.3, -0.25) is 4.79 Å². The molecule has 1 aromatic rings. The number of aromatic carboxylic acids is 1. The highest BCUT2D eigenvalue weighted by Crippen LogP contribution is 2.20. The molecule has 5 nitrogen and oxygen atoms in total. The number of amides is 1. The van der Waals surface area contributed by atoms with Crippen LogP contribution in [0.5, 0.6) is 0 Å². The van der Waals surface area contributed by atoms with Crippen molar-refractivity contribution in [2.75, 3.05) is 5.32 Å². The first-order valence-corrected chi connectivity index (χ1v) is 4.89. The average molecular weight is 243 g/mol. The molecule has 1 atom stereocenters. The molecule has 86 valence electrons. The third-order valence-corrected chi connectivity index (χ3v) is 2.19. The van der Waals surface area contributed by atoms with Crippen LogP contribution in [0, 0.1) is 0 Å². The molecule has 1 aromatic carbocycles. The van der Waals surface area contributed by atoms with Crippen LogP contribution in [-0.2, 0) is 4.79 Å². The maximum absolute atomic E-state index is 11.2. The predicted octanol–water partition coefficient (Wildman–Crippen LogP) is 1.32. The summed E-state index contributed by atoms with van der Waals surface area (Å²) in [7, 11) is 0. The number of benzene rings is 1. The standard InChI is InChI=1S/C10H11ClN2O3/c1-5(12)9(14)13-6-2-3-7(10(15)16)8(11)4-6/h2-5H,12H2,1H3,(H,13,14)(H,15,16)/t5-/m0/s1. The van der Waals surface area contributed by atoms with Gasteiger partial charge in [-0.05, 0) is 25.1 Å². The number of nitrogens with two attached hydrogens (primary N) is 1. The minimum Gasteiger partial charge on any atom is -0.478 e. The summed E-state index contributed by atoms with van der Waals surface area (Å²) in [5.41, 5.74) is 5.76. The van der Waals surface area contributed by atoms with Gasteiger partial charge in [-0.25, -0.2) is 4.79 Å². The van der Waals surface area contributed by atoms with Gasteiger partial charge in [-0.1, -0.05) is 11.6 Å². The lowest BCUT2D eigenvalue weighted by atomic mass is 10.2. The molecule has 1 amide bonds. The van der Waals surface area contributed by atoms with Gasteiger partial charge in [0.1, 0.15) is 0 Å². The fourth-order valence-corrected chi connectivity index (χ4v) is 1.28. The number of anilines is 1. The molecule has 4 N–H and O–H groups in total. The Kier molecular flexibility index (Phi) is 3.87. The molecule has 0 aliphatic carbocycles. The van der Waals surface area contributed by atoms with Crippen molar-refractivity contribution in [2.24, 2.45) is 5.73 Å². The van der Waals surface area contributed by atoms with Gasteiger partial charge in [0.15, 0.2) is 0 Å². The molecule has 0 heterocycles. The molecule has 0 spiro atoms. The number of hydrogen-bond acceptors (Lipinski definition) is 3. The number of halogens is 1. The first-order chi connectivity index (χ1) is 7.41. The van der Waals surface area contributed by atoms with E-state index in [1.54, 1.807) is 6.92 Å². The van der Waals surface area contributed by atoms with Crippen LogP contribution in [0.3, 0.4) is 0 Å². The van der Waals surface area contributed by atoms with Crippen molar-refractivity contribution in [3.8, 4) is 0 Å². The maximum atomic E-state index is 11.2. The fraction of sp³-hybridized carbons (Fsp3) is 0.200. The molecule has 0 fully saturated rings. The highest BCUT2D eigenvalue weighted by atomic mass is 35.5. The van der Waals surface area contributed by atoms with Gasteiger partial charge in [0.05, 0.1) is 16.6 Å². The van der Waals surface area contributed by atoms with Crippen molar-refractivity contribution < 1.29 is 14.7 Å². The Labute approximate surface area is 97.2 Å². The van der Waals surface area contributed by atoms with Crippen molar-refractivity contribution >= 4 is 29.2 Å². The number of nitrogens with one attached hydrogen (secondary N) is 1. The Balaban J connectivity index is 2.90. The molecule has 16 heavy (non-hydrogen) atoms. The largest absolute Gasteiger partial charge is 0.478 e. The Morgan fingerprint density at radius 1 is 1.50 bits per heavy atom. The molecule has 0 bridgehead atoms. The molecule has 0 aromatic heterocycles. The highest BCUT2D eigenvalue weighted by molar-refractivity contribution is 6.33. The topological polar surface area (TPSA) is 92.4 Å². The molecule has 0 unspecified atom stereocenters. The van der Waals surface area contributed by atoms with E-state index >= 15 is 0 Å². The van der Waals surface area contributed by atoms with Crippen LogP contribution in [0.4, 0.5) is 5.69 Å². The molecule has 0 aliphatic heterocycles. The summed E-state index contributed by atoms with van der Waals surface area (Å²) in [4.78, 5) is 21.9. The summed E-state index contributed by atoms with van der Waals surface area (Å²) in [5, 5.41) is 11.3. The van der Waals surface area contributed by atoms with Crippen LogP contribution in [0.15, 0.2) is 18.2 Å². The Bertz CT molecular complexity index is 432. The first kappa shape index (κ1) is 12.5. The Morgan fingerprint density at radius 3 is 2.56 bits per heavy atom. The number of hydrogen-bond donors (Lipinski definition) is 3. The van der Waals surface area contributed by atoms with Crippen molar-refractivity contribution in [3.63, 3.8) is 0 Å². The van der Waals surface area contributed by atoms with Gasteiger partial charge in [-0.15, -0.1) is 0 Å². The SMILES string of the molecule is C[C@H](N)C(=O)Nc1ccc(C(=O)O)c(Cl)c1. The first-order valence-electron chi connectivity index (χ1n) is 4.51. The minimum absolute atomic E-state index is 0.0135. The number of carbonyl (C=O) groups excluding carboxylic acids is 1. The zero-order valence-corrected chi connectivity index (χ0v) is 9.28. The van der Waals surface area contributed by atoms with E-state index in [9.17, 15) is 9.59 Å². The quantitative estimate of drug-likeness (QED) is 0.745. The van der Waals surface area contributed by atoms with E-state index in [-0.39, 0.29) is 16.5 Å². The molecule has 0 radical (unpaired) electrons. The predicted molar refractivity (Wildman–Crippen MR) is 60.7 cm³/mol. The maximum Gasteiger partial charge on any atom is 0.337 e. The Morgan fingerprint density at radius 2 is 2.12 bits per heavy atom. The third kappa shape index (κ3) is 2.95. The summed E-state index contributed by atoms with van der Waals surface area (Å²) < 4.78 is 0. The van der Waals surface area contributed by atoms with Crippen LogP contribution in [0.2, 0.25) is 5.02 Å². The molecular weight excluding hydrogens is 232 g/mol. The lowest BCUT2D eigenvalue weighted by Crippen LogP contribution is -2.32. The van der Waals surface area contributed by atoms with E-state index in [4.69, 9.17) is 22.4 Å². The van der Waals surface area contributed by atoms with E-state index in [0.717, 1.165) is 0 Å². The van der Waals surface area contributed by atoms with Crippen molar-refractivity contribution in [1.82, 2.24) is 0 Å². The van der Waals surface area contributed by atoms with Crippen LogP contribution < -0.4 is 11.1 Å². The van der Waals surface area contributed by atoms with E-state index in [1.807, 2.05) is 0 Å². The average Bonchev–Trinajstić information content (AvgIpc) is 2.16. The van der Waals surface area contributed by atoms with E-state index in [2.05, 4.69) is 5.32 Å². The second-order valence-electron chi connectivity index (χ2n) is 3.28. The zero-order chi connectivity index (χ0) is 12.3. The Hall–Kier alpha value is -1.59. The normalized spacial score (nSPS) is 11.9. The van der Waals surface area contributed by atoms with Crippen LogP contribution in [0.25, 0.3) is 0 Å². The van der Waals surface area contributed by atoms with Crippen LogP contribution >= 0.6 is 11.6 Å². The second-order valence-corrected chi connectivity index (χ2v) is 3.68. The zero-order valence-electron chi connectivity index (χ0n) is 8.53. The highest BCUT2D eigenvalue weighted by Gasteiger charge is 2.11. The van der Waals surface area contributed by atoms with Gasteiger partial charge in [0, 0.05) is 5.69 Å². The van der Waals surface area contributed by atoms with Gasteiger partial charge in [0.25, 0.3) is 0 Å². The van der Waals surface area contributed by atoms with E-state index < -0.39 is 12.0 Å². The van der Waals surface area contributed by atoms with Crippen molar-refractivity contribution in [2.45, 2.75) is 13.0 Å². The van der Waals surface area contributed by atoms with Gasteiger partial charge >= 0.3 is 5.97 Å². The van der Waals surface area contributed by atoms with Gasteiger partial charge < -0.3 is 16.2 Å². The number of rotatable bonds is 3. The molecule has 1 rings (SSSR count). The lowest BCUT2D eigenvalue weighted by Gasteiger charge is -2.08. The van der Waals surface area contributed by atoms with E-state index in [0.29, 0.717) is 5.69 Å². The van der Waals surface area contributed by atoms with Crippen molar-refractivity contribution in [1.29, 1.82) is 0 Å². The molecule has 0 saturated carbocycles. The van der Waals surface area contributed by atoms with Crippen molar-refractivity contribution in [3.05, 3.63) is 28.8 Å². The second kappa shape index (κ2) is 4.96. The number of carboxylic acid groups (broad SMARTS) is 1. The molecule has 0 aliphatic rings. The third-order valence-electron chi connectivity index (χ3n) is 1.88. The lowest BCUT2D eigenvalue weighted by molar-refractivity contribution is -0.117. The minimum atomic E-state index is -1.12. The van der Waals surface area contributed by atoms with Crippen LogP contribution in [0.1, 0.15) is 17.3 Å². The summed E-state index contributed by atoms with van der Waals surface area (Å²) in [6, 6.07) is 3.50. The molecule has 0 saturated heterocycles. The van der Waals surface area contributed by atoms with Gasteiger partial charge in [0.2, 0.25) is 5.91 Å². The summed E-state index contributed by atoms with van der Waals surface area (Å²) in [6.45, 7) is 1.54. The van der Waals surface area contributed by atoms with Gasteiger partial charge in [-0.2, -0.15) is 0 Å². The molecule has 6 heteroatoms. The monoisotopic (exact) mass is 242 g/mol.